The number of carbonyl (C=O) groups is 2. The molecule has 1 aromatic carbocycles. The van der Waals surface area contributed by atoms with E-state index in [0.717, 1.165) is 12.0 Å². The molecule has 1 atom stereocenters. The Morgan fingerprint density at radius 2 is 2.04 bits per heavy atom. The molecule has 0 radical (unpaired) electrons. The van der Waals surface area contributed by atoms with E-state index in [1.54, 1.807) is 11.1 Å². The summed E-state index contributed by atoms with van der Waals surface area (Å²) < 4.78 is 0. The maximum absolute atomic E-state index is 12.9. The number of amides is 2. The predicted octanol–water partition coefficient (Wildman–Crippen LogP) is 1.80. The van der Waals surface area contributed by atoms with Crippen LogP contribution in [-0.2, 0) is 4.79 Å². The molecule has 0 aliphatic carbocycles. The van der Waals surface area contributed by atoms with Crippen molar-refractivity contribution >= 4 is 11.8 Å². The molecule has 0 bridgehead atoms. The number of nitrogens with one attached hydrogen (secondary N) is 1. The van der Waals surface area contributed by atoms with Crippen LogP contribution in [0.4, 0.5) is 0 Å². The second-order valence-electron chi connectivity index (χ2n) is 6.28. The topological polar surface area (TPSA) is 92.1 Å². The van der Waals surface area contributed by atoms with Crippen LogP contribution in [-0.4, -0.2) is 40.0 Å². The van der Waals surface area contributed by atoms with Crippen LogP contribution in [0.25, 0.3) is 11.3 Å². The lowest BCUT2D eigenvalue weighted by Crippen LogP contribution is -2.50. The van der Waals surface area contributed by atoms with Crippen molar-refractivity contribution in [1.29, 1.82) is 0 Å². The minimum Gasteiger partial charge on any atom is -0.369 e. The smallest absolute Gasteiger partial charge is 0.257 e. The molecule has 120 valence electrons. The summed E-state index contributed by atoms with van der Waals surface area (Å²) in [6, 6.07) is 9.59. The second-order valence-corrected chi connectivity index (χ2v) is 6.28. The van der Waals surface area contributed by atoms with Gasteiger partial charge in [0.25, 0.3) is 5.91 Å². The third-order valence-corrected chi connectivity index (χ3v) is 4.51. The first-order valence-electron chi connectivity index (χ1n) is 7.69. The van der Waals surface area contributed by atoms with Gasteiger partial charge in [0, 0.05) is 18.7 Å². The fourth-order valence-electron chi connectivity index (χ4n) is 3.06. The number of primary amides is 1. The standard InChI is InChI=1S/C17H20N4O2/c1-17(16(18)23)8-5-9-21(11-17)15(22)13-10-19-20-14(13)12-6-3-2-4-7-12/h2-4,6-7,10H,5,8-9,11H2,1H3,(H2,18,23)(H,19,20). The first-order valence-corrected chi connectivity index (χ1v) is 7.69. The highest BCUT2D eigenvalue weighted by atomic mass is 16.2. The second kappa shape index (κ2) is 5.87. The predicted molar refractivity (Wildman–Crippen MR) is 86.5 cm³/mol. The molecule has 1 aliphatic heterocycles. The average molecular weight is 312 g/mol. The van der Waals surface area contributed by atoms with Gasteiger partial charge in [-0.3, -0.25) is 14.7 Å². The SMILES string of the molecule is CC1(C(N)=O)CCCN(C(=O)c2cn[nH]c2-c2ccccc2)C1. The number of nitrogens with zero attached hydrogens (tertiary/aromatic N) is 2. The van der Waals surface area contributed by atoms with Gasteiger partial charge in [-0.25, -0.2) is 0 Å². The average Bonchev–Trinajstić information content (AvgIpc) is 3.04. The van der Waals surface area contributed by atoms with Gasteiger partial charge in [-0.1, -0.05) is 30.3 Å². The number of likely N-dealkylation sites (tertiary alicyclic amines) is 1. The lowest BCUT2D eigenvalue weighted by molar-refractivity contribution is -0.129. The molecule has 1 unspecified atom stereocenters. The Labute approximate surface area is 134 Å². The third-order valence-electron chi connectivity index (χ3n) is 4.51. The van der Waals surface area contributed by atoms with Gasteiger partial charge < -0.3 is 10.6 Å². The van der Waals surface area contributed by atoms with Crippen molar-refractivity contribution in [2.45, 2.75) is 19.8 Å². The van der Waals surface area contributed by atoms with Crippen LogP contribution < -0.4 is 5.73 Å². The van der Waals surface area contributed by atoms with Crippen molar-refractivity contribution in [1.82, 2.24) is 15.1 Å². The van der Waals surface area contributed by atoms with Crippen molar-refractivity contribution in [3.05, 3.63) is 42.1 Å². The first kappa shape index (κ1) is 15.3. The Kier molecular flexibility index (Phi) is 3.90. The number of H-pyrrole nitrogens is 1. The number of benzene rings is 1. The molecule has 6 nitrogen and oxygen atoms in total. The van der Waals surface area contributed by atoms with Crippen LogP contribution in [0.1, 0.15) is 30.1 Å². The molecule has 1 aromatic heterocycles. The van der Waals surface area contributed by atoms with Crippen LogP contribution in [0.3, 0.4) is 0 Å². The Morgan fingerprint density at radius 1 is 1.30 bits per heavy atom. The summed E-state index contributed by atoms with van der Waals surface area (Å²) >= 11 is 0. The Bertz CT molecular complexity index is 725. The normalized spacial score (nSPS) is 21.2. The number of hydrogen-bond acceptors (Lipinski definition) is 3. The molecule has 1 aliphatic rings. The van der Waals surface area contributed by atoms with Gasteiger partial charge in [0.05, 0.1) is 22.9 Å². The minimum atomic E-state index is -0.662. The molecular formula is C17H20N4O2. The number of aromatic amines is 1. The molecule has 0 saturated carbocycles. The van der Waals surface area contributed by atoms with Crippen LogP contribution in [0.15, 0.2) is 36.5 Å². The highest BCUT2D eigenvalue weighted by molar-refractivity contribution is 6.00. The van der Waals surface area contributed by atoms with Crippen LogP contribution in [0.5, 0.6) is 0 Å². The molecule has 1 fully saturated rings. The first-order chi connectivity index (χ1) is 11.0. The zero-order valence-corrected chi connectivity index (χ0v) is 13.1. The quantitative estimate of drug-likeness (QED) is 0.905. The van der Waals surface area contributed by atoms with E-state index in [1.165, 1.54) is 0 Å². The van der Waals surface area contributed by atoms with Gasteiger partial charge in [-0.2, -0.15) is 5.10 Å². The van der Waals surface area contributed by atoms with Crippen LogP contribution >= 0.6 is 0 Å². The summed E-state index contributed by atoms with van der Waals surface area (Å²) in [6.07, 6.45) is 3.02. The monoisotopic (exact) mass is 312 g/mol. The van der Waals surface area contributed by atoms with E-state index in [4.69, 9.17) is 5.73 Å². The molecule has 0 spiro atoms. The number of piperidine rings is 1. The summed E-state index contributed by atoms with van der Waals surface area (Å²) in [7, 11) is 0. The highest BCUT2D eigenvalue weighted by Gasteiger charge is 2.38. The molecule has 23 heavy (non-hydrogen) atoms. The van der Waals surface area contributed by atoms with Gasteiger partial charge >= 0.3 is 0 Å². The zero-order chi connectivity index (χ0) is 16.4. The Morgan fingerprint density at radius 3 is 2.74 bits per heavy atom. The number of carbonyl (C=O) groups excluding carboxylic acids is 2. The fourth-order valence-corrected chi connectivity index (χ4v) is 3.06. The summed E-state index contributed by atoms with van der Waals surface area (Å²) in [5.74, 6) is -0.477. The van der Waals surface area contributed by atoms with E-state index in [2.05, 4.69) is 10.2 Å². The van der Waals surface area contributed by atoms with Gasteiger partial charge in [-0.15, -0.1) is 0 Å². The summed E-state index contributed by atoms with van der Waals surface area (Å²) in [5.41, 5.74) is 6.97. The van der Waals surface area contributed by atoms with Crippen molar-refractivity contribution < 1.29 is 9.59 Å². The molecule has 3 N–H and O–H groups in total. The summed E-state index contributed by atoms with van der Waals surface area (Å²) in [5, 5.41) is 6.92. The van der Waals surface area contributed by atoms with E-state index in [1.807, 2.05) is 37.3 Å². The van der Waals surface area contributed by atoms with E-state index in [9.17, 15) is 9.59 Å². The lowest BCUT2D eigenvalue weighted by Gasteiger charge is -2.38. The van der Waals surface area contributed by atoms with Crippen LogP contribution in [0, 0.1) is 5.41 Å². The number of rotatable bonds is 3. The highest BCUT2D eigenvalue weighted by Crippen LogP contribution is 2.31. The zero-order valence-electron chi connectivity index (χ0n) is 13.1. The lowest BCUT2D eigenvalue weighted by atomic mass is 9.81. The van der Waals surface area contributed by atoms with Gasteiger partial charge in [0.15, 0.2) is 0 Å². The number of aromatic nitrogens is 2. The fraction of sp³-hybridized carbons (Fsp3) is 0.353. The van der Waals surface area contributed by atoms with Crippen LogP contribution in [0.2, 0.25) is 0 Å². The largest absolute Gasteiger partial charge is 0.369 e. The van der Waals surface area contributed by atoms with E-state index in [-0.39, 0.29) is 11.8 Å². The van der Waals surface area contributed by atoms with Crippen molar-refractivity contribution in [3.8, 4) is 11.3 Å². The third kappa shape index (κ3) is 2.84. The molecule has 3 rings (SSSR count). The van der Waals surface area contributed by atoms with Gasteiger partial charge in [-0.05, 0) is 19.8 Å². The van der Waals surface area contributed by atoms with E-state index >= 15 is 0 Å². The number of nitrogens with two attached hydrogens (primary N) is 1. The Balaban J connectivity index is 1.87. The molecule has 2 amide bonds. The van der Waals surface area contributed by atoms with Gasteiger partial charge in [0.1, 0.15) is 0 Å². The Hall–Kier alpha value is -2.63. The summed E-state index contributed by atoms with van der Waals surface area (Å²) in [6.45, 7) is 2.80. The van der Waals surface area contributed by atoms with E-state index in [0.29, 0.717) is 30.8 Å². The minimum absolute atomic E-state index is 0.121. The van der Waals surface area contributed by atoms with Crippen molar-refractivity contribution in [3.63, 3.8) is 0 Å². The maximum Gasteiger partial charge on any atom is 0.257 e. The molecule has 2 heterocycles. The van der Waals surface area contributed by atoms with Crippen molar-refractivity contribution in [2.75, 3.05) is 13.1 Å². The number of hydrogen-bond donors (Lipinski definition) is 2. The molecular weight excluding hydrogens is 292 g/mol. The molecule has 6 heteroatoms. The maximum atomic E-state index is 12.9. The molecule has 1 saturated heterocycles. The molecule has 2 aromatic rings. The van der Waals surface area contributed by atoms with Gasteiger partial charge in [0.2, 0.25) is 5.91 Å². The van der Waals surface area contributed by atoms with Crippen molar-refractivity contribution in [2.24, 2.45) is 11.1 Å². The summed E-state index contributed by atoms with van der Waals surface area (Å²) in [4.78, 5) is 26.3. The van der Waals surface area contributed by atoms with E-state index < -0.39 is 5.41 Å².